The average Bonchev–Trinajstić information content (AvgIpc) is 3.69. The number of esters is 1. The number of nitrogens with one attached hydrogen (secondary N) is 1. The molecule has 7 nitrogen and oxygen atoms in total. The minimum absolute atomic E-state index is 0.0656. The molecule has 0 radical (unpaired) electrons. The molecule has 2 aromatic heterocycles. The van der Waals surface area contributed by atoms with Crippen LogP contribution in [0.15, 0.2) is 71.7 Å². The molecule has 2 heterocycles. The quantitative estimate of drug-likeness (QED) is 0.186. The van der Waals surface area contributed by atoms with Crippen LogP contribution in [0.1, 0.15) is 86.6 Å². The summed E-state index contributed by atoms with van der Waals surface area (Å²) in [6.07, 6.45) is 5.64. The first-order valence-electron chi connectivity index (χ1n) is 15.4. The Morgan fingerprint density at radius 2 is 1.73 bits per heavy atom. The van der Waals surface area contributed by atoms with Crippen molar-refractivity contribution < 1.29 is 23.5 Å². The van der Waals surface area contributed by atoms with Crippen molar-refractivity contribution in [2.45, 2.75) is 77.7 Å². The van der Waals surface area contributed by atoms with E-state index in [0.29, 0.717) is 23.2 Å². The molecule has 5 rings (SSSR count). The third kappa shape index (κ3) is 7.39. The fourth-order valence-corrected chi connectivity index (χ4v) is 5.76. The first-order valence-corrected chi connectivity index (χ1v) is 15.4. The van der Waals surface area contributed by atoms with Crippen LogP contribution in [0.5, 0.6) is 11.5 Å². The Hall–Kier alpha value is -4.39. The van der Waals surface area contributed by atoms with Gasteiger partial charge in [-0.1, -0.05) is 71.2 Å². The summed E-state index contributed by atoms with van der Waals surface area (Å²) < 4.78 is 17.0. The van der Waals surface area contributed by atoms with E-state index < -0.39 is 17.9 Å². The van der Waals surface area contributed by atoms with Gasteiger partial charge in [-0.15, -0.1) is 0 Å². The van der Waals surface area contributed by atoms with Gasteiger partial charge in [-0.2, -0.15) is 0 Å². The number of furan rings is 1. The molecule has 1 aliphatic carbocycles. The normalized spacial score (nSPS) is 14.4. The fourth-order valence-electron chi connectivity index (χ4n) is 5.76. The van der Waals surface area contributed by atoms with Gasteiger partial charge in [-0.3, -0.25) is 4.79 Å². The van der Waals surface area contributed by atoms with Gasteiger partial charge in [0.05, 0.1) is 7.11 Å². The first-order chi connectivity index (χ1) is 21.0. The number of ether oxygens (including phenoxy) is 2. The third-order valence-electron chi connectivity index (χ3n) is 8.31. The highest BCUT2D eigenvalue weighted by Crippen LogP contribution is 2.33. The second kappa shape index (κ2) is 13.1. The standard InChI is InChI=1S/C37H42N2O5/c1-23(2)34-18-17-29(44-34)22-33(36(41)42-6)39-35(40)32-20-25-11-14-28(43-27-15-12-26(13-16-27)37(3,4)5)21-30(25)31(38-32)19-24-9-7-8-10-24/h11-18,20-21,24,33H,1,7-10,19,22H2,2-6H3,(H,39,40). The van der Waals surface area contributed by atoms with E-state index in [1.54, 1.807) is 18.2 Å². The van der Waals surface area contributed by atoms with Gasteiger partial charge in [-0.25, -0.2) is 9.78 Å². The molecule has 44 heavy (non-hydrogen) atoms. The Bertz CT molecular complexity index is 1660. The molecular formula is C37H42N2O5. The van der Waals surface area contributed by atoms with Crippen LogP contribution < -0.4 is 10.1 Å². The number of methoxy groups -OCH3 is 1. The molecule has 7 heteroatoms. The van der Waals surface area contributed by atoms with Gasteiger partial charge in [-0.05, 0) is 83.7 Å². The number of hydrogen-bond donors (Lipinski definition) is 1. The topological polar surface area (TPSA) is 90.7 Å². The summed E-state index contributed by atoms with van der Waals surface area (Å²) in [5, 5.41) is 4.68. The molecule has 0 spiro atoms. The van der Waals surface area contributed by atoms with Gasteiger partial charge < -0.3 is 19.2 Å². The summed E-state index contributed by atoms with van der Waals surface area (Å²) >= 11 is 0. The van der Waals surface area contributed by atoms with Gasteiger partial charge in [0, 0.05) is 17.5 Å². The van der Waals surface area contributed by atoms with Gasteiger partial charge in [0.25, 0.3) is 5.91 Å². The molecule has 1 amide bonds. The minimum Gasteiger partial charge on any atom is -0.467 e. The smallest absolute Gasteiger partial charge is 0.328 e. The molecule has 0 aliphatic heterocycles. The van der Waals surface area contributed by atoms with Crippen molar-refractivity contribution in [2.24, 2.45) is 5.92 Å². The van der Waals surface area contributed by atoms with Crippen LogP contribution in [0.2, 0.25) is 0 Å². The Labute approximate surface area is 259 Å². The van der Waals surface area contributed by atoms with Crippen molar-refractivity contribution >= 4 is 28.2 Å². The van der Waals surface area contributed by atoms with Crippen molar-refractivity contribution in [3.63, 3.8) is 0 Å². The number of rotatable bonds is 10. The zero-order valence-electron chi connectivity index (χ0n) is 26.4. The zero-order chi connectivity index (χ0) is 31.4. The largest absolute Gasteiger partial charge is 0.467 e. The number of benzene rings is 2. The molecule has 2 aromatic carbocycles. The maximum absolute atomic E-state index is 13.6. The van der Waals surface area contributed by atoms with E-state index in [4.69, 9.17) is 18.9 Å². The maximum Gasteiger partial charge on any atom is 0.328 e. The zero-order valence-corrected chi connectivity index (χ0v) is 26.4. The lowest BCUT2D eigenvalue weighted by molar-refractivity contribution is -0.142. The highest BCUT2D eigenvalue weighted by Gasteiger charge is 2.26. The minimum atomic E-state index is -0.937. The second-order valence-electron chi connectivity index (χ2n) is 12.9. The predicted molar refractivity (Wildman–Crippen MR) is 173 cm³/mol. The predicted octanol–water partition coefficient (Wildman–Crippen LogP) is 8.20. The molecule has 1 unspecified atom stereocenters. The van der Waals surface area contributed by atoms with E-state index in [9.17, 15) is 9.59 Å². The third-order valence-corrected chi connectivity index (χ3v) is 8.31. The molecule has 1 fully saturated rings. The highest BCUT2D eigenvalue weighted by atomic mass is 16.5. The summed E-state index contributed by atoms with van der Waals surface area (Å²) in [6, 6.07) is 18.5. The monoisotopic (exact) mass is 594 g/mol. The SMILES string of the molecule is C=C(C)c1ccc(CC(NC(=O)c2cc3ccc(Oc4ccc(C(C)(C)C)cc4)cc3c(CC3CCCC3)n2)C(=O)OC)o1. The van der Waals surface area contributed by atoms with Crippen LogP contribution in [-0.4, -0.2) is 30.0 Å². The Balaban J connectivity index is 1.42. The molecule has 1 saturated carbocycles. The van der Waals surface area contributed by atoms with E-state index >= 15 is 0 Å². The highest BCUT2D eigenvalue weighted by molar-refractivity contribution is 5.99. The molecule has 0 saturated heterocycles. The first kappa shape index (κ1) is 31.0. The summed E-state index contributed by atoms with van der Waals surface area (Å²) in [5.41, 5.74) is 3.20. The van der Waals surface area contributed by atoms with Crippen LogP contribution >= 0.6 is 0 Å². The number of amides is 1. The lowest BCUT2D eigenvalue weighted by Gasteiger charge is -2.19. The van der Waals surface area contributed by atoms with Crippen molar-refractivity contribution in [3.05, 3.63) is 95.7 Å². The molecule has 4 aromatic rings. The van der Waals surface area contributed by atoms with Crippen molar-refractivity contribution in [1.29, 1.82) is 0 Å². The summed E-state index contributed by atoms with van der Waals surface area (Å²) in [4.78, 5) is 31.1. The van der Waals surface area contributed by atoms with E-state index in [0.717, 1.165) is 47.1 Å². The van der Waals surface area contributed by atoms with E-state index in [2.05, 4.69) is 44.8 Å². The number of carbonyl (C=O) groups excluding carboxylic acids is 2. The second-order valence-corrected chi connectivity index (χ2v) is 12.9. The number of aromatic nitrogens is 1. The van der Waals surface area contributed by atoms with Gasteiger partial charge in [0.15, 0.2) is 0 Å². The fraction of sp³-hybridized carbons (Fsp3) is 0.378. The van der Waals surface area contributed by atoms with E-state index in [-0.39, 0.29) is 17.5 Å². The molecule has 1 N–H and O–H groups in total. The van der Waals surface area contributed by atoms with Gasteiger partial charge >= 0.3 is 5.97 Å². The lowest BCUT2D eigenvalue weighted by Crippen LogP contribution is -2.43. The molecule has 230 valence electrons. The molecule has 1 atom stereocenters. The Morgan fingerprint density at radius 3 is 2.36 bits per heavy atom. The van der Waals surface area contributed by atoms with E-state index in [1.807, 2.05) is 37.3 Å². The maximum atomic E-state index is 13.6. The summed E-state index contributed by atoms with van der Waals surface area (Å²) in [5.74, 6) is 2.17. The number of allylic oxidation sites excluding steroid dienone is 1. The number of pyridine rings is 1. The summed E-state index contributed by atoms with van der Waals surface area (Å²) in [7, 11) is 1.30. The molecule has 1 aliphatic rings. The lowest BCUT2D eigenvalue weighted by atomic mass is 9.87. The molecular weight excluding hydrogens is 552 g/mol. The number of nitrogens with zero attached hydrogens (tertiary/aromatic N) is 1. The van der Waals surface area contributed by atoms with Crippen LogP contribution in [0.25, 0.3) is 16.3 Å². The van der Waals surface area contributed by atoms with Crippen molar-refractivity contribution in [2.75, 3.05) is 7.11 Å². The Kier molecular flexibility index (Phi) is 9.23. The van der Waals surface area contributed by atoms with Crippen LogP contribution in [0.3, 0.4) is 0 Å². The van der Waals surface area contributed by atoms with Crippen molar-refractivity contribution in [3.8, 4) is 11.5 Å². The average molecular weight is 595 g/mol. The van der Waals surface area contributed by atoms with Crippen LogP contribution in [0.4, 0.5) is 0 Å². The van der Waals surface area contributed by atoms with E-state index in [1.165, 1.54) is 25.5 Å². The van der Waals surface area contributed by atoms with Crippen LogP contribution in [-0.2, 0) is 27.8 Å². The van der Waals surface area contributed by atoms with Gasteiger partial charge in [0.1, 0.15) is 34.8 Å². The number of carbonyl (C=O) groups is 2. The number of fused-ring (bicyclic) bond motifs is 1. The molecule has 0 bridgehead atoms. The van der Waals surface area contributed by atoms with Crippen molar-refractivity contribution in [1.82, 2.24) is 10.3 Å². The number of hydrogen-bond acceptors (Lipinski definition) is 6. The summed E-state index contributed by atoms with van der Waals surface area (Å²) in [6.45, 7) is 12.3. The van der Waals surface area contributed by atoms with Crippen LogP contribution in [0, 0.1) is 5.92 Å². The Morgan fingerprint density at radius 1 is 1.02 bits per heavy atom. The van der Waals surface area contributed by atoms with Gasteiger partial charge in [0.2, 0.25) is 0 Å².